The predicted molar refractivity (Wildman–Crippen MR) is 63.3 cm³/mol. The number of ketones is 1. The molecule has 88 valence electrons. The zero-order chi connectivity index (χ0) is 12.3. The molecule has 0 N–H and O–H groups in total. The van der Waals surface area contributed by atoms with Crippen molar-refractivity contribution in [1.82, 2.24) is 0 Å². The van der Waals surface area contributed by atoms with Crippen molar-refractivity contribution in [1.29, 1.82) is 0 Å². The van der Waals surface area contributed by atoms with Gasteiger partial charge in [0.15, 0.2) is 11.5 Å². The number of rotatable bonds is 4. The Kier molecular flexibility index (Phi) is 3.58. The summed E-state index contributed by atoms with van der Waals surface area (Å²) < 4.78 is 10.4. The van der Waals surface area contributed by atoms with Crippen LogP contribution in [0.4, 0.5) is 0 Å². The molecule has 3 heteroatoms. The Balaban J connectivity index is 3.23. The Morgan fingerprint density at radius 1 is 1.12 bits per heavy atom. The standard InChI is InChI=1S/C13H18O3/c1-9(14)13(2,3)10-6-7-11(15-4)12(8-10)16-5/h6-8H,1-5H3. The minimum atomic E-state index is -0.500. The van der Waals surface area contributed by atoms with Gasteiger partial charge in [-0.1, -0.05) is 6.07 Å². The highest BCUT2D eigenvalue weighted by molar-refractivity contribution is 5.87. The number of carbonyl (C=O) groups is 1. The summed E-state index contributed by atoms with van der Waals surface area (Å²) in [5.41, 5.74) is 0.428. The van der Waals surface area contributed by atoms with Crippen molar-refractivity contribution in [2.24, 2.45) is 0 Å². The third-order valence-electron chi connectivity index (χ3n) is 2.99. The SMILES string of the molecule is COc1ccc(C(C)(C)C(C)=O)cc1OC. The quantitative estimate of drug-likeness (QED) is 0.785. The number of hydrogen-bond acceptors (Lipinski definition) is 3. The van der Waals surface area contributed by atoms with E-state index in [-0.39, 0.29) is 5.78 Å². The molecule has 0 saturated heterocycles. The highest BCUT2D eigenvalue weighted by Gasteiger charge is 2.26. The monoisotopic (exact) mass is 222 g/mol. The molecule has 1 aromatic carbocycles. The van der Waals surface area contributed by atoms with Crippen LogP contribution in [0.5, 0.6) is 11.5 Å². The average Bonchev–Trinajstić information content (AvgIpc) is 2.27. The van der Waals surface area contributed by atoms with Gasteiger partial charge in [-0.2, -0.15) is 0 Å². The normalized spacial score (nSPS) is 11.1. The van der Waals surface area contributed by atoms with Crippen LogP contribution in [0.2, 0.25) is 0 Å². The maximum Gasteiger partial charge on any atom is 0.161 e. The lowest BCUT2D eigenvalue weighted by Crippen LogP contribution is -2.26. The Labute approximate surface area is 96.4 Å². The first-order valence-corrected chi connectivity index (χ1v) is 5.17. The van der Waals surface area contributed by atoms with E-state index in [4.69, 9.17) is 9.47 Å². The first-order chi connectivity index (χ1) is 7.43. The van der Waals surface area contributed by atoms with Crippen molar-refractivity contribution < 1.29 is 14.3 Å². The lowest BCUT2D eigenvalue weighted by atomic mass is 9.81. The summed E-state index contributed by atoms with van der Waals surface area (Å²) in [5.74, 6) is 1.44. The van der Waals surface area contributed by atoms with Gasteiger partial charge in [-0.25, -0.2) is 0 Å². The molecule has 0 radical (unpaired) electrons. The van der Waals surface area contributed by atoms with E-state index in [1.54, 1.807) is 21.1 Å². The Morgan fingerprint density at radius 2 is 1.69 bits per heavy atom. The van der Waals surface area contributed by atoms with Crippen LogP contribution in [0.25, 0.3) is 0 Å². The van der Waals surface area contributed by atoms with Gasteiger partial charge in [0.05, 0.1) is 14.2 Å². The molecule has 0 aliphatic rings. The van der Waals surface area contributed by atoms with Crippen molar-refractivity contribution in [3.8, 4) is 11.5 Å². The second-order valence-electron chi connectivity index (χ2n) is 4.25. The van der Waals surface area contributed by atoms with Gasteiger partial charge < -0.3 is 9.47 Å². The van der Waals surface area contributed by atoms with Crippen molar-refractivity contribution in [2.45, 2.75) is 26.2 Å². The fraction of sp³-hybridized carbons (Fsp3) is 0.462. The molecule has 0 atom stereocenters. The summed E-state index contributed by atoms with van der Waals surface area (Å²) in [6.07, 6.45) is 0. The number of benzene rings is 1. The molecule has 16 heavy (non-hydrogen) atoms. The molecular formula is C13H18O3. The van der Waals surface area contributed by atoms with Crippen LogP contribution in [-0.4, -0.2) is 20.0 Å². The lowest BCUT2D eigenvalue weighted by molar-refractivity contribution is -0.121. The van der Waals surface area contributed by atoms with Gasteiger partial charge in [-0.3, -0.25) is 4.79 Å². The van der Waals surface area contributed by atoms with Gasteiger partial charge in [0, 0.05) is 5.41 Å². The summed E-state index contributed by atoms with van der Waals surface area (Å²) in [6.45, 7) is 5.39. The Hall–Kier alpha value is -1.51. The van der Waals surface area contributed by atoms with E-state index in [0.717, 1.165) is 5.56 Å². The molecule has 0 fully saturated rings. The van der Waals surface area contributed by atoms with Gasteiger partial charge >= 0.3 is 0 Å². The minimum absolute atomic E-state index is 0.125. The van der Waals surface area contributed by atoms with E-state index in [1.807, 2.05) is 32.0 Å². The van der Waals surface area contributed by atoms with Crippen LogP contribution < -0.4 is 9.47 Å². The molecule has 0 aliphatic carbocycles. The highest BCUT2D eigenvalue weighted by Crippen LogP contribution is 2.33. The van der Waals surface area contributed by atoms with Crippen LogP contribution in [-0.2, 0) is 10.2 Å². The first-order valence-electron chi connectivity index (χ1n) is 5.17. The second kappa shape index (κ2) is 4.56. The predicted octanol–water partition coefficient (Wildman–Crippen LogP) is 2.57. The summed E-state index contributed by atoms with van der Waals surface area (Å²) in [4.78, 5) is 11.5. The van der Waals surface area contributed by atoms with E-state index in [2.05, 4.69) is 0 Å². The molecule has 3 nitrogen and oxygen atoms in total. The maximum atomic E-state index is 11.5. The zero-order valence-electron chi connectivity index (χ0n) is 10.5. The van der Waals surface area contributed by atoms with Crippen LogP contribution in [0.15, 0.2) is 18.2 Å². The minimum Gasteiger partial charge on any atom is -0.493 e. The number of ether oxygens (including phenoxy) is 2. The number of hydrogen-bond donors (Lipinski definition) is 0. The van der Waals surface area contributed by atoms with Crippen molar-refractivity contribution in [3.05, 3.63) is 23.8 Å². The van der Waals surface area contributed by atoms with Crippen molar-refractivity contribution in [3.63, 3.8) is 0 Å². The molecule has 0 saturated carbocycles. The summed E-state index contributed by atoms with van der Waals surface area (Å²) in [6, 6.07) is 5.56. The topological polar surface area (TPSA) is 35.5 Å². The van der Waals surface area contributed by atoms with Crippen LogP contribution >= 0.6 is 0 Å². The molecule has 1 rings (SSSR count). The fourth-order valence-corrected chi connectivity index (χ4v) is 1.43. The maximum absolute atomic E-state index is 11.5. The molecule has 1 aromatic rings. The molecule has 0 aliphatic heterocycles. The van der Waals surface area contributed by atoms with Gasteiger partial charge in [0.25, 0.3) is 0 Å². The molecule has 0 heterocycles. The van der Waals surface area contributed by atoms with Gasteiger partial charge in [-0.05, 0) is 38.5 Å². The molecule has 0 unspecified atom stereocenters. The summed E-state index contributed by atoms with van der Waals surface area (Å²) >= 11 is 0. The lowest BCUT2D eigenvalue weighted by Gasteiger charge is -2.22. The molecule has 0 amide bonds. The van der Waals surface area contributed by atoms with E-state index >= 15 is 0 Å². The van der Waals surface area contributed by atoms with E-state index < -0.39 is 5.41 Å². The molecule has 0 spiro atoms. The van der Waals surface area contributed by atoms with Crippen LogP contribution in [0.1, 0.15) is 26.3 Å². The molecular weight excluding hydrogens is 204 g/mol. The number of carbonyl (C=O) groups excluding carboxylic acids is 1. The molecule has 0 bridgehead atoms. The smallest absolute Gasteiger partial charge is 0.161 e. The third-order valence-corrected chi connectivity index (χ3v) is 2.99. The molecule has 0 aromatic heterocycles. The van der Waals surface area contributed by atoms with Crippen LogP contribution in [0.3, 0.4) is 0 Å². The summed E-state index contributed by atoms with van der Waals surface area (Å²) in [5, 5.41) is 0. The zero-order valence-corrected chi connectivity index (χ0v) is 10.5. The second-order valence-corrected chi connectivity index (χ2v) is 4.25. The highest BCUT2D eigenvalue weighted by atomic mass is 16.5. The largest absolute Gasteiger partial charge is 0.493 e. The fourth-order valence-electron chi connectivity index (χ4n) is 1.43. The van der Waals surface area contributed by atoms with E-state index in [1.165, 1.54) is 0 Å². The Bertz CT molecular complexity index is 394. The first kappa shape index (κ1) is 12.6. The number of methoxy groups -OCH3 is 2. The van der Waals surface area contributed by atoms with E-state index in [9.17, 15) is 4.79 Å². The number of Topliss-reactive ketones (excluding diaryl/α,β-unsaturated/α-hetero) is 1. The van der Waals surface area contributed by atoms with Gasteiger partial charge in [0.2, 0.25) is 0 Å². The third kappa shape index (κ3) is 2.18. The Morgan fingerprint density at radius 3 is 2.12 bits per heavy atom. The van der Waals surface area contributed by atoms with Crippen molar-refractivity contribution in [2.75, 3.05) is 14.2 Å². The van der Waals surface area contributed by atoms with Gasteiger partial charge in [0.1, 0.15) is 5.78 Å². The summed E-state index contributed by atoms with van der Waals surface area (Å²) in [7, 11) is 3.18. The van der Waals surface area contributed by atoms with Gasteiger partial charge in [-0.15, -0.1) is 0 Å². The van der Waals surface area contributed by atoms with Crippen molar-refractivity contribution >= 4 is 5.78 Å². The average molecular weight is 222 g/mol. The van der Waals surface area contributed by atoms with E-state index in [0.29, 0.717) is 11.5 Å². The van der Waals surface area contributed by atoms with Crippen LogP contribution in [0, 0.1) is 0 Å².